The second kappa shape index (κ2) is 6.49. The highest BCUT2D eigenvalue weighted by Gasteiger charge is 2.44. The fourth-order valence-corrected chi connectivity index (χ4v) is 2.04. The smallest absolute Gasteiger partial charge is 0.229 e. The summed E-state index contributed by atoms with van der Waals surface area (Å²) in [5.74, 6) is 0.291. The molecule has 0 bridgehead atoms. The highest BCUT2D eigenvalue weighted by molar-refractivity contribution is 5.32. The predicted molar refractivity (Wildman–Crippen MR) is 66.8 cm³/mol. The molecule has 1 aliphatic heterocycles. The number of rotatable bonds is 4. The van der Waals surface area contributed by atoms with Crippen LogP contribution in [-0.2, 0) is 11.3 Å². The molecule has 20 heavy (non-hydrogen) atoms. The van der Waals surface area contributed by atoms with E-state index in [1.54, 1.807) is 24.3 Å². The van der Waals surface area contributed by atoms with Crippen LogP contribution in [0.5, 0.6) is 5.75 Å². The molecular weight excluding hydrogens is 268 g/mol. The minimum Gasteiger partial charge on any atom is -0.462 e. The molecule has 0 saturated carbocycles. The van der Waals surface area contributed by atoms with E-state index < -0.39 is 37.3 Å². The Balaban J connectivity index is 2.15. The Morgan fingerprint density at radius 3 is 2.35 bits per heavy atom. The number of hydrogen-bond donors (Lipinski definition) is 5. The van der Waals surface area contributed by atoms with Gasteiger partial charge in [-0.15, -0.1) is 0 Å². The van der Waals surface area contributed by atoms with Gasteiger partial charge in [0.05, 0.1) is 13.2 Å². The van der Waals surface area contributed by atoms with Gasteiger partial charge in [-0.1, -0.05) is 18.2 Å². The number of aliphatic hydroxyl groups is 5. The maximum atomic E-state index is 9.84. The zero-order valence-electron chi connectivity index (χ0n) is 10.7. The minimum absolute atomic E-state index is 0.256. The summed E-state index contributed by atoms with van der Waals surface area (Å²) in [5, 5.41) is 47.4. The van der Waals surface area contributed by atoms with Crippen LogP contribution in [0.25, 0.3) is 0 Å². The lowest BCUT2D eigenvalue weighted by atomic mass is 9.99. The minimum atomic E-state index is -1.49. The number of para-hydroxylation sites is 1. The van der Waals surface area contributed by atoms with E-state index in [1.165, 1.54) is 0 Å². The molecule has 5 atom stereocenters. The molecule has 0 radical (unpaired) electrons. The van der Waals surface area contributed by atoms with Crippen LogP contribution in [0.3, 0.4) is 0 Å². The maximum absolute atomic E-state index is 9.84. The molecule has 2 rings (SSSR count). The average molecular weight is 286 g/mol. The molecule has 0 aliphatic carbocycles. The van der Waals surface area contributed by atoms with Crippen LogP contribution < -0.4 is 4.74 Å². The highest BCUT2D eigenvalue weighted by atomic mass is 16.7. The number of ether oxygens (including phenoxy) is 2. The van der Waals surface area contributed by atoms with Crippen LogP contribution in [0.4, 0.5) is 0 Å². The van der Waals surface area contributed by atoms with Crippen molar-refractivity contribution in [2.45, 2.75) is 37.3 Å². The third-order valence-electron chi connectivity index (χ3n) is 3.23. The third kappa shape index (κ3) is 2.93. The van der Waals surface area contributed by atoms with E-state index >= 15 is 0 Å². The fraction of sp³-hybridized carbons (Fsp3) is 0.538. The van der Waals surface area contributed by atoms with E-state index in [0.29, 0.717) is 11.3 Å². The second-order valence-electron chi connectivity index (χ2n) is 4.58. The van der Waals surface area contributed by atoms with Gasteiger partial charge < -0.3 is 35.0 Å². The third-order valence-corrected chi connectivity index (χ3v) is 3.23. The molecule has 5 N–H and O–H groups in total. The van der Waals surface area contributed by atoms with Crippen molar-refractivity contribution in [1.82, 2.24) is 0 Å². The Bertz CT molecular complexity index is 436. The summed E-state index contributed by atoms with van der Waals surface area (Å²) >= 11 is 0. The first kappa shape index (κ1) is 15.2. The fourth-order valence-electron chi connectivity index (χ4n) is 2.04. The van der Waals surface area contributed by atoms with E-state index in [0.717, 1.165) is 0 Å². The Labute approximate surface area is 115 Å². The van der Waals surface area contributed by atoms with E-state index in [1.807, 2.05) is 0 Å². The molecule has 7 heteroatoms. The van der Waals surface area contributed by atoms with Crippen molar-refractivity contribution < 1.29 is 35.0 Å². The number of aliphatic hydroxyl groups excluding tert-OH is 5. The Hall–Kier alpha value is -1.22. The monoisotopic (exact) mass is 286 g/mol. The van der Waals surface area contributed by atoms with Gasteiger partial charge in [-0.05, 0) is 6.07 Å². The summed E-state index contributed by atoms with van der Waals surface area (Å²) in [4.78, 5) is 0. The molecule has 0 amide bonds. The number of hydrogen-bond acceptors (Lipinski definition) is 7. The summed E-state index contributed by atoms with van der Waals surface area (Å²) in [5.41, 5.74) is 0.490. The molecule has 0 aromatic heterocycles. The molecule has 112 valence electrons. The lowest BCUT2D eigenvalue weighted by molar-refractivity contribution is -0.277. The highest BCUT2D eigenvalue weighted by Crippen LogP contribution is 2.26. The van der Waals surface area contributed by atoms with Gasteiger partial charge >= 0.3 is 0 Å². The van der Waals surface area contributed by atoms with Gasteiger partial charge in [0.2, 0.25) is 6.29 Å². The summed E-state index contributed by atoms with van der Waals surface area (Å²) < 4.78 is 10.6. The van der Waals surface area contributed by atoms with Crippen molar-refractivity contribution in [3.63, 3.8) is 0 Å². The summed E-state index contributed by atoms with van der Waals surface area (Å²) in [6.45, 7) is -0.778. The van der Waals surface area contributed by atoms with Crippen LogP contribution in [-0.4, -0.2) is 62.8 Å². The first-order valence-corrected chi connectivity index (χ1v) is 6.24. The lowest BCUT2D eigenvalue weighted by Gasteiger charge is -2.39. The zero-order valence-corrected chi connectivity index (χ0v) is 10.7. The van der Waals surface area contributed by atoms with Gasteiger partial charge in [-0.2, -0.15) is 0 Å². The van der Waals surface area contributed by atoms with Gasteiger partial charge in [0.15, 0.2) is 0 Å². The van der Waals surface area contributed by atoms with Crippen LogP contribution in [0.15, 0.2) is 24.3 Å². The first-order valence-electron chi connectivity index (χ1n) is 6.24. The van der Waals surface area contributed by atoms with Gasteiger partial charge in [0.25, 0.3) is 0 Å². The SMILES string of the molecule is OCc1ccccc1OC1O[C@H](CO)[C@@H](O)[C@H](O)[C@H]1O. The van der Waals surface area contributed by atoms with Crippen molar-refractivity contribution in [3.8, 4) is 5.75 Å². The zero-order chi connectivity index (χ0) is 14.7. The van der Waals surface area contributed by atoms with Gasteiger partial charge in [-0.3, -0.25) is 0 Å². The lowest BCUT2D eigenvalue weighted by Crippen LogP contribution is -2.60. The molecule has 1 unspecified atom stereocenters. The van der Waals surface area contributed by atoms with Crippen molar-refractivity contribution in [1.29, 1.82) is 0 Å². The first-order chi connectivity index (χ1) is 9.58. The summed E-state index contributed by atoms with van der Waals surface area (Å²) in [7, 11) is 0. The Morgan fingerprint density at radius 1 is 1.00 bits per heavy atom. The Kier molecular flexibility index (Phi) is 4.92. The second-order valence-corrected chi connectivity index (χ2v) is 4.58. The Morgan fingerprint density at radius 2 is 1.70 bits per heavy atom. The number of benzene rings is 1. The van der Waals surface area contributed by atoms with Crippen molar-refractivity contribution in [2.75, 3.05) is 6.61 Å². The molecule has 1 fully saturated rings. The van der Waals surface area contributed by atoms with Crippen LogP contribution in [0.1, 0.15) is 5.56 Å². The van der Waals surface area contributed by atoms with E-state index in [4.69, 9.17) is 14.6 Å². The van der Waals surface area contributed by atoms with Crippen LogP contribution >= 0.6 is 0 Å². The van der Waals surface area contributed by atoms with Crippen molar-refractivity contribution >= 4 is 0 Å². The van der Waals surface area contributed by atoms with Gasteiger partial charge in [-0.25, -0.2) is 0 Å². The van der Waals surface area contributed by atoms with Crippen LogP contribution in [0.2, 0.25) is 0 Å². The topological polar surface area (TPSA) is 120 Å². The largest absolute Gasteiger partial charge is 0.462 e. The maximum Gasteiger partial charge on any atom is 0.229 e. The van der Waals surface area contributed by atoms with Gasteiger partial charge in [0, 0.05) is 5.56 Å². The summed E-state index contributed by atoms with van der Waals surface area (Å²) in [6.07, 6.45) is -6.67. The standard InChI is InChI=1S/C13H18O7/c14-5-7-3-1-2-4-8(7)19-13-12(18)11(17)10(16)9(6-15)20-13/h1-4,9-18H,5-6H2/t9-,10-,11+,12-,13?/m1/s1. The van der Waals surface area contributed by atoms with E-state index in [9.17, 15) is 20.4 Å². The molecule has 1 aliphatic rings. The normalized spacial score (nSPS) is 34.0. The molecule has 1 aromatic carbocycles. The van der Waals surface area contributed by atoms with E-state index in [2.05, 4.69) is 0 Å². The average Bonchev–Trinajstić information content (AvgIpc) is 2.48. The molecule has 0 spiro atoms. The van der Waals surface area contributed by atoms with Crippen molar-refractivity contribution in [2.24, 2.45) is 0 Å². The summed E-state index contributed by atoms with van der Waals surface area (Å²) in [6, 6.07) is 6.61. The molecule has 7 nitrogen and oxygen atoms in total. The van der Waals surface area contributed by atoms with E-state index in [-0.39, 0.29) is 6.61 Å². The molecule has 1 aromatic rings. The quantitative estimate of drug-likeness (QED) is 0.450. The molecular formula is C13H18O7. The van der Waals surface area contributed by atoms with Crippen molar-refractivity contribution in [3.05, 3.63) is 29.8 Å². The van der Waals surface area contributed by atoms with Crippen LogP contribution in [0, 0.1) is 0 Å². The molecule has 1 saturated heterocycles. The molecule has 1 heterocycles. The van der Waals surface area contributed by atoms with Gasteiger partial charge in [0.1, 0.15) is 30.2 Å². The predicted octanol–water partition coefficient (Wildman–Crippen LogP) is -1.64.